The smallest absolute Gasteiger partial charge is 0.129 e. The highest BCUT2D eigenvalue weighted by Gasteiger charge is 2.24. The molecule has 1 fully saturated rings. The van der Waals surface area contributed by atoms with E-state index in [-0.39, 0.29) is 11.9 Å². The van der Waals surface area contributed by atoms with Crippen molar-refractivity contribution in [2.24, 2.45) is 0 Å². The molecule has 5 heteroatoms. The molecule has 130 valence electrons. The second-order valence-electron chi connectivity index (χ2n) is 6.87. The number of rotatable bonds is 4. The minimum atomic E-state index is -0.219. The molecule has 0 saturated carbocycles. The first-order chi connectivity index (χ1) is 12.2. The number of nitrogens with one attached hydrogen (secondary N) is 2. The topological polar surface area (TPSA) is 44.0 Å². The van der Waals surface area contributed by atoms with E-state index in [1.165, 1.54) is 6.07 Å². The van der Waals surface area contributed by atoms with Crippen LogP contribution in [0.3, 0.4) is 0 Å². The van der Waals surface area contributed by atoms with Crippen molar-refractivity contribution in [3.8, 4) is 0 Å². The molecule has 4 nitrogen and oxygen atoms in total. The van der Waals surface area contributed by atoms with Gasteiger partial charge in [0.2, 0.25) is 0 Å². The van der Waals surface area contributed by atoms with Crippen LogP contribution in [0.2, 0.25) is 0 Å². The zero-order valence-electron chi connectivity index (χ0n) is 14.4. The number of fused-ring (bicyclic) bond motifs is 1. The number of hydrogen-bond acceptors (Lipinski definition) is 3. The fourth-order valence-electron chi connectivity index (χ4n) is 3.54. The van der Waals surface area contributed by atoms with E-state index in [0.29, 0.717) is 6.04 Å². The van der Waals surface area contributed by atoms with Gasteiger partial charge in [0.25, 0.3) is 0 Å². The first-order valence-corrected chi connectivity index (χ1v) is 8.84. The van der Waals surface area contributed by atoms with Gasteiger partial charge in [0.15, 0.2) is 0 Å². The molecule has 0 aliphatic carbocycles. The summed E-state index contributed by atoms with van der Waals surface area (Å²) in [5.74, 6) is 0.620. The lowest BCUT2D eigenvalue weighted by Gasteiger charge is -2.32. The minimum Gasteiger partial charge on any atom is -0.340 e. The predicted molar refractivity (Wildman–Crippen MR) is 98.0 cm³/mol. The van der Waals surface area contributed by atoms with Crippen LogP contribution in [0.1, 0.15) is 30.3 Å². The van der Waals surface area contributed by atoms with Crippen LogP contribution < -0.4 is 5.32 Å². The summed E-state index contributed by atoms with van der Waals surface area (Å²) in [5, 5.41) is 3.71. The van der Waals surface area contributed by atoms with Crippen LogP contribution in [-0.2, 0) is 0 Å². The van der Waals surface area contributed by atoms with Crippen molar-refractivity contribution in [1.82, 2.24) is 20.2 Å². The summed E-state index contributed by atoms with van der Waals surface area (Å²) in [4.78, 5) is 10.5. The van der Waals surface area contributed by atoms with Crippen molar-refractivity contribution in [1.29, 1.82) is 0 Å². The molecule has 0 spiro atoms. The Bertz CT molecular complexity index is 819. The molecular formula is C20H23FN4. The highest BCUT2D eigenvalue weighted by atomic mass is 19.1. The fourth-order valence-corrected chi connectivity index (χ4v) is 3.54. The van der Waals surface area contributed by atoms with Crippen molar-refractivity contribution in [3.63, 3.8) is 0 Å². The van der Waals surface area contributed by atoms with Crippen LogP contribution in [0.25, 0.3) is 11.0 Å². The van der Waals surface area contributed by atoms with Gasteiger partial charge in [-0.3, -0.25) is 0 Å². The van der Waals surface area contributed by atoms with Gasteiger partial charge in [0, 0.05) is 6.04 Å². The van der Waals surface area contributed by atoms with E-state index in [1.54, 1.807) is 12.1 Å². The van der Waals surface area contributed by atoms with Gasteiger partial charge in [0.05, 0.1) is 17.1 Å². The molecule has 1 atom stereocenters. The number of likely N-dealkylation sites (tertiary alicyclic amines) is 1. The van der Waals surface area contributed by atoms with E-state index in [0.717, 1.165) is 48.4 Å². The Labute approximate surface area is 147 Å². The van der Waals surface area contributed by atoms with Gasteiger partial charge in [0.1, 0.15) is 11.6 Å². The van der Waals surface area contributed by atoms with Crippen LogP contribution in [-0.4, -0.2) is 41.0 Å². The summed E-state index contributed by atoms with van der Waals surface area (Å²) < 4.78 is 13.8. The third-order valence-corrected chi connectivity index (χ3v) is 4.98. The van der Waals surface area contributed by atoms with Crippen molar-refractivity contribution in [2.75, 3.05) is 20.1 Å². The molecule has 3 aromatic rings. The number of para-hydroxylation sites is 2. The Morgan fingerprint density at radius 3 is 2.72 bits per heavy atom. The lowest BCUT2D eigenvalue weighted by atomic mass is 10.0. The van der Waals surface area contributed by atoms with Crippen LogP contribution >= 0.6 is 0 Å². The summed E-state index contributed by atoms with van der Waals surface area (Å²) in [5.41, 5.74) is 2.84. The SMILES string of the molecule is CN1CCC(NC(c2cccc(F)c2)c2nc3ccccc3[nH]2)CC1. The normalized spacial score (nSPS) is 17.8. The Morgan fingerprint density at radius 2 is 1.96 bits per heavy atom. The van der Waals surface area contributed by atoms with Crippen molar-refractivity contribution < 1.29 is 4.39 Å². The second kappa shape index (κ2) is 6.94. The van der Waals surface area contributed by atoms with E-state index in [9.17, 15) is 4.39 Å². The Hall–Kier alpha value is -2.24. The number of hydrogen-bond donors (Lipinski definition) is 2. The quantitative estimate of drug-likeness (QED) is 0.765. The molecule has 0 amide bonds. The maximum Gasteiger partial charge on any atom is 0.129 e. The monoisotopic (exact) mass is 338 g/mol. The third kappa shape index (κ3) is 3.57. The summed E-state index contributed by atoms with van der Waals surface area (Å²) in [6.45, 7) is 2.15. The molecule has 2 heterocycles. The number of nitrogens with zero attached hydrogens (tertiary/aromatic N) is 2. The molecule has 0 bridgehead atoms. The van der Waals surface area contributed by atoms with Gasteiger partial charge in [-0.2, -0.15) is 0 Å². The predicted octanol–water partition coefficient (Wildman–Crippen LogP) is 3.48. The van der Waals surface area contributed by atoms with Gasteiger partial charge in [-0.15, -0.1) is 0 Å². The maximum absolute atomic E-state index is 13.8. The largest absolute Gasteiger partial charge is 0.340 e. The third-order valence-electron chi connectivity index (χ3n) is 4.98. The molecule has 1 saturated heterocycles. The highest BCUT2D eigenvalue weighted by molar-refractivity contribution is 5.75. The zero-order valence-corrected chi connectivity index (χ0v) is 14.4. The molecule has 1 aromatic heterocycles. The molecular weight excluding hydrogens is 315 g/mol. The molecule has 2 N–H and O–H groups in total. The van der Waals surface area contributed by atoms with E-state index in [2.05, 4.69) is 22.2 Å². The fraction of sp³-hybridized carbons (Fsp3) is 0.350. The molecule has 25 heavy (non-hydrogen) atoms. The Balaban J connectivity index is 1.67. The van der Waals surface area contributed by atoms with Crippen LogP contribution in [0.5, 0.6) is 0 Å². The summed E-state index contributed by atoms with van der Waals surface area (Å²) in [6.07, 6.45) is 2.17. The Kier molecular flexibility index (Phi) is 4.51. The molecule has 0 radical (unpaired) electrons. The average Bonchev–Trinajstić information content (AvgIpc) is 3.05. The lowest BCUT2D eigenvalue weighted by molar-refractivity contribution is 0.228. The summed E-state index contributed by atoms with van der Waals surface area (Å²) in [6, 6.07) is 15.0. The average molecular weight is 338 g/mol. The van der Waals surface area contributed by atoms with Crippen LogP contribution in [0, 0.1) is 5.82 Å². The number of imidazole rings is 1. The molecule has 1 aliphatic rings. The van der Waals surface area contributed by atoms with E-state index in [1.807, 2.05) is 30.3 Å². The number of aromatic nitrogens is 2. The number of benzene rings is 2. The van der Waals surface area contributed by atoms with Crippen LogP contribution in [0.4, 0.5) is 4.39 Å². The number of H-pyrrole nitrogens is 1. The van der Waals surface area contributed by atoms with E-state index < -0.39 is 0 Å². The molecule has 4 rings (SSSR count). The van der Waals surface area contributed by atoms with E-state index in [4.69, 9.17) is 4.98 Å². The van der Waals surface area contributed by atoms with E-state index >= 15 is 0 Å². The zero-order chi connectivity index (χ0) is 17.2. The van der Waals surface area contributed by atoms with Crippen molar-refractivity contribution in [2.45, 2.75) is 24.9 Å². The number of aromatic amines is 1. The summed E-state index contributed by atoms with van der Waals surface area (Å²) in [7, 11) is 2.15. The Morgan fingerprint density at radius 1 is 1.16 bits per heavy atom. The highest BCUT2D eigenvalue weighted by Crippen LogP contribution is 2.25. The standard InChI is InChI=1S/C20H23FN4/c1-25-11-9-16(10-12-25)22-19(14-5-4-6-15(21)13-14)20-23-17-7-2-3-8-18(17)24-20/h2-8,13,16,19,22H,9-12H2,1H3,(H,23,24). The second-order valence-corrected chi connectivity index (χ2v) is 6.87. The number of piperidine rings is 1. The maximum atomic E-state index is 13.8. The van der Waals surface area contributed by atoms with Gasteiger partial charge < -0.3 is 15.2 Å². The lowest BCUT2D eigenvalue weighted by Crippen LogP contribution is -2.42. The number of halogens is 1. The van der Waals surface area contributed by atoms with Gasteiger partial charge in [-0.25, -0.2) is 9.37 Å². The van der Waals surface area contributed by atoms with Gasteiger partial charge in [-0.1, -0.05) is 24.3 Å². The van der Waals surface area contributed by atoms with Crippen molar-refractivity contribution >= 4 is 11.0 Å². The van der Waals surface area contributed by atoms with Gasteiger partial charge in [-0.05, 0) is 62.8 Å². The van der Waals surface area contributed by atoms with Gasteiger partial charge >= 0.3 is 0 Å². The van der Waals surface area contributed by atoms with Crippen molar-refractivity contribution in [3.05, 3.63) is 65.7 Å². The molecule has 1 aliphatic heterocycles. The molecule has 2 aromatic carbocycles. The summed E-state index contributed by atoms with van der Waals surface area (Å²) >= 11 is 0. The molecule has 1 unspecified atom stereocenters. The minimum absolute atomic E-state index is 0.142. The van der Waals surface area contributed by atoms with Crippen LogP contribution in [0.15, 0.2) is 48.5 Å². The first-order valence-electron chi connectivity index (χ1n) is 8.84. The first kappa shape index (κ1) is 16.2.